The van der Waals surface area contributed by atoms with Crippen LogP contribution in [0.2, 0.25) is 0 Å². The van der Waals surface area contributed by atoms with Gasteiger partial charge in [0.05, 0.1) is 22.1 Å². The fourth-order valence-electron chi connectivity index (χ4n) is 13.5. The Morgan fingerprint density at radius 3 is 1.54 bits per heavy atom. The predicted octanol–water partition coefficient (Wildman–Crippen LogP) is 18.9. The number of fused-ring (bicyclic) bond motifs is 16. The van der Waals surface area contributed by atoms with Crippen molar-refractivity contribution in [3.05, 3.63) is 287 Å². The van der Waals surface area contributed by atoms with Gasteiger partial charge in [-0.15, -0.1) is 0 Å². The van der Waals surface area contributed by atoms with E-state index in [0.29, 0.717) is 0 Å². The Morgan fingerprint density at radius 2 is 0.865 bits per heavy atom. The van der Waals surface area contributed by atoms with Gasteiger partial charge in [-0.1, -0.05) is 201 Å². The largest absolute Gasteiger partial charge is 0.310 e. The van der Waals surface area contributed by atoms with Crippen molar-refractivity contribution < 1.29 is 0 Å². The minimum Gasteiger partial charge on any atom is -0.310 e. The number of hydrogen-bond acceptors (Lipinski definition) is 1. The lowest BCUT2D eigenvalue weighted by Gasteiger charge is -2.32. The maximum Gasteiger partial charge on any atom is 0.0726 e. The zero-order chi connectivity index (χ0) is 49.5. The van der Waals surface area contributed by atoms with E-state index in [1.54, 1.807) is 0 Å². The molecule has 0 amide bonds. The first-order chi connectivity index (χ1) is 36.3. The molecule has 0 aliphatic heterocycles. The molecule has 2 nitrogen and oxygen atoms in total. The predicted molar refractivity (Wildman–Crippen MR) is 310 cm³/mol. The van der Waals surface area contributed by atoms with Gasteiger partial charge in [-0.05, 0) is 164 Å². The maximum absolute atomic E-state index is 2.49. The summed E-state index contributed by atoms with van der Waals surface area (Å²) in [4.78, 5) is 2.49. The van der Waals surface area contributed by atoms with E-state index in [1.807, 2.05) is 0 Å². The quantitative estimate of drug-likeness (QED) is 0.161. The lowest BCUT2D eigenvalue weighted by Crippen LogP contribution is -2.26. The Morgan fingerprint density at radius 1 is 0.338 bits per heavy atom. The molecular formula is C72H52N2. The number of benzene rings is 11. The number of para-hydroxylation sites is 1. The first-order valence-corrected chi connectivity index (χ1v) is 26.1. The molecule has 1 spiro atoms. The Hall–Kier alpha value is -8.98. The van der Waals surface area contributed by atoms with Crippen LogP contribution in [0.25, 0.3) is 83.1 Å². The number of rotatable bonds is 6. The monoisotopic (exact) mass is 944 g/mol. The van der Waals surface area contributed by atoms with Gasteiger partial charge in [0.15, 0.2) is 0 Å². The van der Waals surface area contributed by atoms with Crippen molar-refractivity contribution in [3.8, 4) is 61.3 Å². The van der Waals surface area contributed by atoms with Crippen LogP contribution in [0.15, 0.2) is 243 Å². The number of anilines is 3. The molecule has 2 heteroatoms. The van der Waals surface area contributed by atoms with Gasteiger partial charge in [0, 0.05) is 38.8 Å². The molecule has 11 aromatic carbocycles. The number of hydrogen-bond donors (Lipinski definition) is 0. The van der Waals surface area contributed by atoms with E-state index < -0.39 is 5.41 Å². The second-order valence-corrected chi connectivity index (χ2v) is 21.4. The van der Waals surface area contributed by atoms with E-state index in [9.17, 15) is 0 Å². The van der Waals surface area contributed by atoms with E-state index in [4.69, 9.17) is 0 Å². The molecule has 0 fully saturated rings. The van der Waals surface area contributed by atoms with Gasteiger partial charge >= 0.3 is 0 Å². The SMILES string of the molecule is Cc1ccc2c(c1)C1(c3cc(C)ccc3-2)c2ccccc2-c2c(N(c3ccc(-c4ccccc4)cc3)c3ccc(-c4ccc5c(c4)c4cc6c(cc4n5-c4ccccc4)C(C)(C)c4ccccc4-6)cc3)cccc21. The molecule has 0 unspecified atom stereocenters. The summed E-state index contributed by atoms with van der Waals surface area (Å²) in [7, 11) is 0. The third-order valence-corrected chi connectivity index (χ3v) is 16.9. The molecular weight excluding hydrogens is 893 g/mol. The van der Waals surface area contributed by atoms with E-state index in [1.165, 1.54) is 128 Å². The van der Waals surface area contributed by atoms with E-state index in [-0.39, 0.29) is 5.41 Å². The molecule has 0 saturated heterocycles. The van der Waals surface area contributed by atoms with E-state index >= 15 is 0 Å². The van der Waals surface area contributed by atoms with Crippen LogP contribution in [0.4, 0.5) is 17.1 Å². The van der Waals surface area contributed by atoms with Crippen molar-refractivity contribution >= 4 is 38.9 Å². The molecule has 0 radical (unpaired) electrons. The Labute approximate surface area is 433 Å². The number of aromatic nitrogens is 1. The fourth-order valence-corrected chi connectivity index (χ4v) is 13.5. The Balaban J connectivity index is 0.912. The summed E-state index contributed by atoms with van der Waals surface area (Å²) in [5.74, 6) is 0. The fraction of sp³-hybridized carbons (Fsp3) is 0.0833. The van der Waals surface area contributed by atoms with Crippen LogP contribution in [0.3, 0.4) is 0 Å². The topological polar surface area (TPSA) is 8.17 Å². The van der Waals surface area contributed by atoms with Gasteiger partial charge in [-0.3, -0.25) is 0 Å². The van der Waals surface area contributed by atoms with Gasteiger partial charge in [-0.2, -0.15) is 0 Å². The van der Waals surface area contributed by atoms with E-state index in [2.05, 4.69) is 280 Å². The molecule has 3 aliphatic carbocycles. The minimum absolute atomic E-state index is 0.0982. The Kier molecular flexibility index (Phi) is 9.09. The third-order valence-electron chi connectivity index (χ3n) is 16.9. The smallest absolute Gasteiger partial charge is 0.0726 e. The standard InChI is InChI=1S/C72H52N2/c1-45-26-37-55-56-38-27-46(2)41-66(56)72(65(55)40-45)62-23-14-12-21-57(62)70-63(72)24-15-25-68(70)73(52-33-28-48(29-34-52)47-16-7-5-8-17-47)53-35-30-49(31-36-53)50-32-39-67-59(42-50)60-43-58-54-20-11-13-22-61(54)71(3,4)64(58)44-69(60)74(67)51-18-9-6-10-19-51/h5-44H,1-4H3. The summed E-state index contributed by atoms with van der Waals surface area (Å²) >= 11 is 0. The summed E-state index contributed by atoms with van der Waals surface area (Å²) in [5.41, 5.74) is 29.8. The van der Waals surface area contributed by atoms with E-state index in [0.717, 1.165) is 17.1 Å². The second-order valence-electron chi connectivity index (χ2n) is 21.4. The van der Waals surface area contributed by atoms with Crippen LogP contribution in [-0.2, 0) is 10.8 Å². The number of nitrogens with zero attached hydrogens (tertiary/aromatic N) is 2. The molecule has 3 aliphatic rings. The van der Waals surface area contributed by atoms with Gasteiger partial charge in [0.1, 0.15) is 0 Å². The van der Waals surface area contributed by atoms with Crippen LogP contribution < -0.4 is 4.90 Å². The summed E-state index contributed by atoms with van der Waals surface area (Å²) in [6, 6.07) is 91.3. The second kappa shape index (κ2) is 15.8. The zero-order valence-corrected chi connectivity index (χ0v) is 42.0. The highest BCUT2D eigenvalue weighted by molar-refractivity contribution is 6.13. The van der Waals surface area contributed by atoms with Crippen LogP contribution >= 0.6 is 0 Å². The minimum atomic E-state index is -0.459. The van der Waals surface area contributed by atoms with Crippen molar-refractivity contribution in [1.29, 1.82) is 0 Å². The summed E-state index contributed by atoms with van der Waals surface area (Å²) in [5, 5.41) is 2.52. The molecule has 350 valence electrons. The Bertz CT molecular complexity index is 4220. The summed E-state index contributed by atoms with van der Waals surface area (Å²) in [6.45, 7) is 9.21. The first-order valence-electron chi connectivity index (χ1n) is 26.1. The zero-order valence-electron chi connectivity index (χ0n) is 42.0. The molecule has 0 bridgehead atoms. The molecule has 1 heterocycles. The molecule has 1 aromatic heterocycles. The molecule has 0 N–H and O–H groups in total. The number of aryl methyl sites for hydroxylation is 2. The maximum atomic E-state index is 2.49. The lowest BCUT2D eigenvalue weighted by atomic mass is 9.70. The van der Waals surface area contributed by atoms with Crippen LogP contribution in [0, 0.1) is 13.8 Å². The molecule has 0 atom stereocenters. The molecule has 15 rings (SSSR count). The average molecular weight is 945 g/mol. The van der Waals surface area contributed by atoms with Gasteiger partial charge < -0.3 is 9.47 Å². The molecule has 74 heavy (non-hydrogen) atoms. The first kappa shape index (κ1) is 42.7. The highest BCUT2D eigenvalue weighted by atomic mass is 15.1. The highest BCUT2D eigenvalue weighted by Gasteiger charge is 2.52. The van der Waals surface area contributed by atoms with Gasteiger partial charge in [-0.25, -0.2) is 0 Å². The van der Waals surface area contributed by atoms with Crippen LogP contribution in [0.1, 0.15) is 58.4 Å². The van der Waals surface area contributed by atoms with Crippen LogP contribution in [0.5, 0.6) is 0 Å². The van der Waals surface area contributed by atoms with Crippen LogP contribution in [-0.4, -0.2) is 4.57 Å². The lowest BCUT2D eigenvalue weighted by molar-refractivity contribution is 0.661. The van der Waals surface area contributed by atoms with Crippen molar-refractivity contribution in [1.82, 2.24) is 4.57 Å². The van der Waals surface area contributed by atoms with Crippen molar-refractivity contribution in [3.63, 3.8) is 0 Å². The van der Waals surface area contributed by atoms with Gasteiger partial charge in [0.25, 0.3) is 0 Å². The van der Waals surface area contributed by atoms with Gasteiger partial charge in [0.2, 0.25) is 0 Å². The summed E-state index contributed by atoms with van der Waals surface area (Å²) in [6.07, 6.45) is 0. The average Bonchev–Trinajstić information content (AvgIpc) is 4.14. The summed E-state index contributed by atoms with van der Waals surface area (Å²) < 4.78 is 2.46. The molecule has 0 saturated carbocycles. The third kappa shape index (κ3) is 5.94. The van der Waals surface area contributed by atoms with Crippen molar-refractivity contribution in [2.45, 2.75) is 38.5 Å². The molecule has 12 aromatic rings. The highest BCUT2D eigenvalue weighted by Crippen LogP contribution is 2.65. The normalized spacial score (nSPS) is 13.9. The van der Waals surface area contributed by atoms with Crippen molar-refractivity contribution in [2.24, 2.45) is 0 Å². The van der Waals surface area contributed by atoms with Crippen molar-refractivity contribution in [2.75, 3.05) is 4.90 Å².